The monoisotopic (exact) mass is 264 g/mol. The highest BCUT2D eigenvalue weighted by Crippen LogP contribution is 2.22. The summed E-state index contributed by atoms with van der Waals surface area (Å²) >= 11 is 0. The smallest absolute Gasteiger partial charge is 0.407 e. The van der Waals surface area contributed by atoms with Crippen LogP contribution in [0.15, 0.2) is 23.9 Å². The van der Waals surface area contributed by atoms with Crippen LogP contribution in [0.1, 0.15) is 46.5 Å². The van der Waals surface area contributed by atoms with E-state index in [4.69, 9.17) is 4.74 Å². The molecule has 0 aliphatic heterocycles. The number of nitrogens with one attached hydrogen (secondary N) is 2. The van der Waals surface area contributed by atoms with Crippen molar-refractivity contribution in [2.75, 3.05) is 0 Å². The maximum Gasteiger partial charge on any atom is 0.407 e. The molecule has 2 aliphatic rings. The van der Waals surface area contributed by atoms with Crippen molar-refractivity contribution in [3.8, 4) is 0 Å². The molecule has 2 aliphatic carbocycles. The molecule has 4 heteroatoms. The van der Waals surface area contributed by atoms with Gasteiger partial charge in [0.2, 0.25) is 0 Å². The molecular weight excluding hydrogens is 240 g/mol. The van der Waals surface area contributed by atoms with Gasteiger partial charge in [0, 0.05) is 17.8 Å². The second kappa shape index (κ2) is 5.68. The lowest BCUT2D eigenvalue weighted by molar-refractivity contribution is 0.0468. The van der Waals surface area contributed by atoms with Crippen molar-refractivity contribution in [3.05, 3.63) is 23.9 Å². The van der Waals surface area contributed by atoms with Gasteiger partial charge in [0.15, 0.2) is 0 Å². The third-order valence-corrected chi connectivity index (χ3v) is 3.22. The van der Waals surface area contributed by atoms with Crippen molar-refractivity contribution < 1.29 is 9.53 Å². The van der Waals surface area contributed by atoms with Crippen LogP contribution in [0.5, 0.6) is 0 Å². The summed E-state index contributed by atoms with van der Waals surface area (Å²) in [4.78, 5) is 11.6. The van der Waals surface area contributed by atoms with E-state index in [-0.39, 0.29) is 12.1 Å². The zero-order chi connectivity index (χ0) is 13.9. The predicted octanol–water partition coefficient (Wildman–Crippen LogP) is 2.87. The molecule has 0 aromatic carbocycles. The van der Waals surface area contributed by atoms with Gasteiger partial charge in [0.25, 0.3) is 0 Å². The number of carbonyl (C=O) groups excluding carboxylic acids is 1. The molecule has 2 N–H and O–H groups in total. The minimum Gasteiger partial charge on any atom is -0.444 e. The molecule has 0 aromatic heterocycles. The van der Waals surface area contributed by atoms with E-state index < -0.39 is 5.60 Å². The van der Waals surface area contributed by atoms with E-state index in [9.17, 15) is 4.79 Å². The minimum absolute atomic E-state index is 0.237. The Morgan fingerprint density at radius 3 is 2.58 bits per heavy atom. The Morgan fingerprint density at radius 2 is 2.00 bits per heavy atom. The molecule has 1 fully saturated rings. The van der Waals surface area contributed by atoms with E-state index in [1.165, 1.54) is 5.70 Å². The molecular formula is C15H24N2O2. The molecule has 0 heterocycles. The van der Waals surface area contributed by atoms with E-state index in [2.05, 4.69) is 28.9 Å². The van der Waals surface area contributed by atoms with Gasteiger partial charge >= 0.3 is 6.09 Å². The Morgan fingerprint density at radius 1 is 1.26 bits per heavy atom. The molecule has 1 amide bonds. The molecule has 106 valence electrons. The first kappa shape index (κ1) is 14.0. The van der Waals surface area contributed by atoms with E-state index in [0.717, 1.165) is 25.7 Å². The predicted molar refractivity (Wildman–Crippen MR) is 75.8 cm³/mol. The summed E-state index contributed by atoms with van der Waals surface area (Å²) in [7, 11) is 0. The second-order valence-electron chi connectivity index (χ2n) is 6.30. The molecule has 0 radical (unpaired) electrons. The molecule has 0 atom stereocenters. The van der Waals surface area contributed by atoms with Gasteiger partial charge in [-0.25, -0.2) is 4.79 Å². The van der Waals surface area contributed by atoms with E-state index in [1.54, 1.807) is 0 Å². The lowest BCUT2D eigenvalue weighted by atomic mass is 9.86. The van der Waals surface area contributed by atoms with Crippen LogP contribution in [-0.4, -0.2) is 23.8 Å². The fraction of sp³-hybridized carbons (Fsp3) is 0.667. The molecule has 0 saturated heterocycles. The van der Waals surface area contributed by atoms with Gasteiger partial charge in [-0.3, -0.25) is 0 Å². The summed E-state index contributed by atoms with van der Waals surface area (Å²) in [6.45, 7) is 5.62. The largest absolute Gasteiger partial charge is 0.444 e. The normalized spacial score (nSPS) is 26.2. The van der Waals surface area contributed by atoms with Crippen LogP contribution in [0.3, 0.4) is 0 Å². The van der Waals surface area contributed by atoms with Gasteiger partial charge in [-0.15, -0.1) is 0 Å². The average Bonchev–Trinajstić information content (AvgIpc) is 2.25. The van der Waals surface area contributed by atoms with Crippen LogP contribution in [0.25, 0.3) is 0 Å². The standard InChI is InChI=1S/C15H24N2O2/c1-15(2,3)19-14(18)17-13-9-12(10-13)16-11-7-5-4-6-8-11/h5,7-8,12-13,16H,4,6,9-10H2,1-3H3,(H,17,18). The first-order valence-electron chi connectivity index (χ1n) is 7.05. The lowest BCUT2D eigenvalue weighted by Crippen LogP contribution is -2.52. The quantitative estimate of drug-likeness (QED) is 0.824. The van der Waals surface area contributed by atoms with E-state index in [0.29, 0.717) is 6.04 Å². The third kappa shape index (κ3) is 4.62. The highest BCUT2D eigenvalue weighted by atomic mass is 16.6. The zero-order valence-corrected chi connectivity index (χ0v) is 12.0. The number of hydrogen-bond donors (Lipinski definition) is 2. The van der Waals surface area contributed by atoms with E-state index >= 15 is 0 Å². The number of ether oxygens (including phenoxy) is 1. The van der Waals surface area contributed by atoms with Crippen molar-refractivity contribution in [1.29, 1.82) is 0 Å². The number of alkyl carbamates (subject to hydrolysis) is 1. The topological polar surface area (TPSA) is 50.4 Å². The van der Waals surface area contributed by atoms with Crippen LogP contribution < -0.4 is 10.6 Å². The fourth-order valence-corrected chi connectivity index (χ4v) is 2.28. The highest BCUT2D eigenvalue weighted by molar-refractivity contribution is 5.68. The molecule has 0 bridgehead atoms. The van der Waals surface area contributed by atoms with Gasteiger partial charge in [-0.05, 0) is 52.5 Å². The fourth-order valence-electron chi connectivity index (χ4n) is 2.28. The van der Waals surface area contributed by atoms with Crippen molar-refractivity contribution in [1.82, 2.24) is 10.6 Å². The van der Waals surface area contributed by atoms with Crippen molar-refractivity contribution in [2.24, 2.45) is 0 Å². The minimum atomic E-state index is -0.427. The molecule has 4 nitrogen and oxygen atoms in total. The summed E-state index contributed by atoms with van der Waals surface area (Å²) in [6.07, 6.45) is 10.4. The summed E-state index contributed by atoms with van der Waals surface area (Å²) in [5.74, 6) is 0. The molecule has 0 aromatic rings. The number of carbonyl (C=O) groups is 1. The molecule has 19 heavy (non-hydrogen) atoms. The highest BCUT2D eigenvalue weighted by Gasteiger charge is 2.31. The lowest BCUT2D eigenvalue weighted by Gasteiger charge is -2.37. The maximum absolute atomic E-state index is 11.6. The van der Waals surface area contributed by atoms with Crippen molar-refractivity contribution in [2.45, 2.75) is 64.1 Å². The second-order valence-corrected chi connectivity index (χ2v) is 6.30. The van der Waals surface area contributed by atoms with Crippen LogP contribution in [0.2, 0.25) is 0 Å². The number of hydrogen-bond acceptors (Lipinski definition) is 3. The summed E-state index contributed by atoms with van der Waals surface area (Å²) in [5, 5.41) is 6.39. The number of rotatable bonds is 3. The molecule has 1 saturated carbocycles. The van der Waals surface area contributed by atoms with E-state index in [1.807, 2.05) is 20.8 Å². The summed E-state index contributed by atoms with van der Waals surface area (Å²) < 4.78 is 5.24. The zero-order valence-electron chi connectivity index (χ0n) is 12.0. The first-order chi connectivity index (χ1) is 8.92. The number of allylic oxidation sites excluding steroid dienone is 3. The van der Waals surface area contributed by atoms with Crippen LogP contribution in [0, 0.1) is 0 Å². The average molecular weight is 264 g/mol. The Kier molecular flexibility index (Phi) is 4.17. The number of amides is 1. The van der Waals surface area contributed by atoms with Gasteiger partial charge in [-0.2, -0.15) is 0 Å². The van der Waals surface area contributed by atoms with Gasteiger partial charge < -0.3 is 15.4 Å². The Hall–Kier alpha value is -1.45. The molecule has 2 rings (SSSR count). The van der Waals surface area contributed by atoms with Crippen molar-refractivity contribution in [3.63, 3.8) is 0 Å². The SMILES string of the molecule is CC(C)(C)OC(=O)NC1CC(NC2=CCCC=C2)C1. The molecule has 0 spiro atoms. The summed E-state index contributed by atoms with van der Waals surface area (Å²) in [6, 6.07) is 0.703. The van der Waals surface area contributed by atoms with Crippen molar-refractivity contribution >= 4 is 6.09 Å². The van der Waals surface area contributed by atoms with Gasteiger partial charge in [-0.1, -0.05) is 12.2 Å². The Labute approximate surface area is 115 Å². The Bertz CT molecular complexity index is 387. The Balaban J connectivity index is 1.65. The third-order valence-electron chi connectivity index (χ3n) is 3.22. The van der Waals surface area contributed by atoms with Gasteiger partial charge in [0.1, 0.15) is 5.60 Å². The first-order valence-corrected chi connectivity index (χ1v) is 7.05. The molecule has 0 unspecified atom stereocenters. The maximum atomic E-state index is 11.6. The summed E-state index contributed by atoms with van der Waals surface area (Å²) in [5.41, 5.74) is 0.787. The van der Waals surface area contributed by atoms with Crippen LogP contribution >= 0.6 is 0 Å². The van der Waals surface area contributed by atoms with Crippen LogP contribution in [-0.2, 0) is 4.74 Å². The van der Waals surface area contributed by atoms with Crippen LogP contribution in [0.4, 0.5) is 4.79 Å². The van der Waals surface area contributed by atoms with Gasteiger partial charge in [0.05, 0.1) is 0 Å².